The number of aromatic nitrogens is 1. The zero-order valence-electron chi connectivity index (χ0n) is 8.84. The Kier molecular flexibility index (Phi) is 3.09. The fourth-order valence-electron chi connectivity index (χ4n) is 1.51. The van der Waals surface area contributed by atoms with Crippen molar-refractivity contribution in [1.82, 2.24) is 10.3 Å². The van der Waals surface area contributed by atoms with Gasteiger partial charge in [-0.2, -0.15) is 0 Å². The maximum Gasteiger partial charge on any atom is 0.228 e. The van der Waals surface area contributed by atoms with Crippen LogP contribution in [0, 0.1) is 5.41 Å². The highest BCUT2D eigenvalue weighted by molar-refractivity contribution is 9.25. The Balaban J connectivity index is 1.91. The Bertz CT molecular complexity index is 408. The summed E-state index contributed by atoms with van der Waals surface area (Å²) in [6.07, 6.45) is 2.52. The van der Waals surface area contributed by atoms with Gasteiger partial charge in [-0.15, -0.1) is 0 Å². The number of amides is 1. The van der Waals surface area contributed by atoms with Gasteiger partial charge in [-0.05, 0) is 25.5 Å². The molecule has 1 aromatic heterocycles. The summed E-state index contributed by atoms with van der Waals surface area (Å²) in [5.41, 5.74) is 0.511. The van der Waals surface area contributed by atoms with Gasteiger partial charge in [-0.1, -0.05) is 37.9 Å². The summed E-state index contributed by atoms with van der Waals surface area (Å²) in [6, 6.07) is 5.66. The lowest BCUT2D eigenvalue weighted by molar-refractivity contribution is -0.125. The summed E-state index contributed by atoms with van der Waals surface area (Å²) in [7, 11) is 0. The van der Waals surface area contributed by atoms with Crippen LogP contribution in [0.1, 0.15) is 19.0 Å². The van der Waals surface area contributed by atoms with Crippen LogP contribution in [0.25, 0.3) is 0 Å². The zero-order chi connectivity index (χ0) is 11.8. The van der Waals surface area contributed by atoms with Crippen molar-refractivity contribution in [1.29, 1.82) is 0 Å². The number of halogens is 2. The van der Waals surface area contributed by atoms with E-state index in [-0.39, 0.29) is 14.6 Å². The average molecular weight is 348 g/mol. The zero-order valence-corrected chi connectivity index (χ0v) is 12.0. The number of carbonyl (C=O) groups excluding carboxylic acids is 1. The first-order valence-electron chi connectivity index (χ1n) is 5.02. The molecule has 3 nitrogen and oxygen atoms in total. The van der Waals surface area contributed by atoms with E-state index in [2.05, 4.69) is 42.2 Å². The van der Waals surface area contributed by atoms with Crippen LogP contribution in [0.2, 0.25) is 0 Å². The molecule has 1 heterocycles. The van der Waals surface area contributed by atoms with Gasteiger partial charge in [0, 0.05) is 6.20 Å². The Morgan fingerprint density at radius 1 is 1.56 bits per heavy atom. The molecule has 16 heavy (non-hydrogen) atoms. The average Bonchev–Trinajstić information content (AvgIpc) is 2.78. The Labute approximate surface area is 111 Å². The van der Waals surface area contributed by atoms with Crippen molar-refractivity contribution in [3.63, 3.8) is 0 Å². The summed E-state index contributed by atoms with van der Waals surface area (Å²) in [5.74, 6) is 0.0481. The standard InChI is InChI=1S/C11H12Br2N2O/c1-10(7-11(10,12)13)9(16)15-6-8-4-2-3-5-14-8/h2-5H,6-7H2,1H3,(H,15,16)/t10-/m0/s1. The highest BCUT2D eigenvalue weighted by Gasteiger charge is 2.66. The normalized spacial score (nSPS) is 26.2. The van der Waals surface area contributed by atoms with Crippen molar-refractivity contribution in [3.05, 3.63) is 30.1 Å². The first-order chi connectivity index (χ1) is 7.46. The summed E-state index contributed by atoms with van der Waals surface area (Å²) < 4.78 is -0.235. The van der Waals surface area contributed by atoms with Crippen molar-refractivity contribution in [2.45, 2.75) is 23.1 Å². The van der Waals surface area contributed by atoms with Crippen LogP contribution in [-0.2, 0) is 11.3 Å². The van der Waals surface area contributed by atoms with Crippen LogP contribution < -0.4 is 5.32 Å². The second kappa shape index (κ2) is 4.11. The van der Waals surface area contributed by atoms with E-state index in [0.29, 0.717) is 6.54 Å². The molecule has 0 saturated heterocycles. The highest BCUT2D eigenvalue weighted by Crippen LogP contribution is 2.66. The monoisotopic (exact) mass is 346 g/mol. The quantitative estimate of drug-likeness (QED) is 0.854. The predicted molar refractivity (Wildman–Crippen MR) is 69.4 cm³/mol. The molecule has 1 atom stereocenters. The summed E-state index contributed by atoms with van der Waals surface area (Å²) >= 11 is 6.95. The van der Waals surface area contributed by atoms with Gasteiger partial charge in [0.2, 0.25) is 5.91 Å². The lowest BCUT2D eigenvalue weighted by atomic mass is 10.1. The number of pyridine rings is 1. The Hall–Kier alpha value is -0.420. The van der Waals surface area contributed by atoms with Crippen LogP contribution in [-0.4, -0.2) is 14.1 Å². The molecule has 1 fully saturated rings. The number of hydrogen-bond acceptors (Lipinski definition) is 2. The third-order valence-electron chi connectivity index (χ3n) is 2.92. The van der Waals surface area contributed by atoms with Gasteiger partial charge in [0.15, 0.2) is 0 Å². The lowest BCUT2D eigenvalue weighted by Gasteiger charge is -2.12. The van der Waals surface area contributed by atoms with Crippen LogP contribution >= 0.6 is 31.9 Å². The molecule has 86 valence electrons. The van der Waals surface area contributed by atoms with Crippen molar-refractivity contribution < 1.29 is 4.79 Å². The second-order valence-electron chi connectivity index (χ2n) is 4.22. The molecule has 0 radical (unpaired) electrons. The van der Waals surface area contributed by atoms with E-state index in [1.165, 1.54) is 0 Å². The van der Waals surface area contributed by atoms with Gasteiger partial charge >= 0.3 is 0 Å². The van der Waals surface area contributed by atoms with E-state index in [1.807, 2.05) is 25.1 Å². The molecule has 1 saturated carbocycles. The molecule has 0 aromatic carbocycles. The number of carbonyl (C=O) groups is 1. The van der Waals surface area contributed by atoms with Gasteiger partial charge in [-0.3, -0.25) is 9.78 Å². The summed E-state index contributed by atoms with van der Waals surface area (Å²) in [6.45, 7) is 2.41. The van der Waals surface area contributed by atoms with Gasteiger partial charge in [0.25, 0.3) is 0 Å². The first-order valence-corrected chi connectivity index (χ1v) is 6.60. The Morgan fingerprint density at radius 3 is 2.75 bits per heavy atom. The van der Waals surface area contributed by atoms with E-state index < -0.39 is 0 Å². The van der Waals surface area contributed by atoms with Gasteiger partial charge < -0.3 is 5.32 Å². The topological polar surface area (TPSA) is 42.0 Å². The number of alkyl halides is 2. The minimum Gasteiger partial charge on any atom is -0.350 e. The minimum absolute atomic E-state index is 0.0481. The molecule has 5 heteroatoms. The maximum absolute atomic E-state index is 11.9. The van der Waals surface area contributed by atoms with Gasteiger partial charge in [0.1, 0.15) is 0 Å². The van der Waals surface area contributed by atoms with E-state index in [0.717, 1.165) is 12.1 Å². The largest absolute Gasteiger partial charge is 0.350 e. The summed E-state index contributed by atoms with van der Waals surface area (Å²) in [5, 5.41) is 2.90. The fraction of sp³-hybridized carbons (Fsp3) is 0.455. The fourth-order valence-corrected chi connectivity index (χ4v) is 3.00. The van der Waals surface area contributed by atoms with Gasteiger partial charge in [-0.25, -0.2) is 0 Å². The molecule has 1 aromatic rings. The molecule has 1 aliphatic carbocycles. The minimum atomic E-state index is -0.359. The lowest BCUT2D eigenvalue weighted by Crippen LogP contribution is -2.32. The number of rotatable bonds is 3. The van der Waals surface area contributed by atoms with Gasteiger partial charge in [0.05, 0.1) is 20.9 Å². The van der Waals surface area contributed by atoms with Crippen molar-refractivity contribution in [2.75, 3.05) is 0 Å². The number of hydrogen-bond donors (Lipinski definition) is 1. The van der Waals surface area contributed by atoms with Crippen LogP contribution in [0.5, 0.6) is 0 Å². The molecular weight excluding hydrogens is 336 g/mol. The summed E-state index contributed by atoms with van der Waals surface area (Å²) in [4.78, 5) is 16.1. The second-order valence-corrected chi connectivity index (χ2v) is 7.99. The van der Waals surface area contributed by atoms with Crippen LogP contribution in [0.3, 0.4) is 0 Å². The molecule has 1 aliphatic rings. The van der Waals surface area contributed by atoms with Crippen LogP contribution in [0.4, 0.5) is 0 Å². The third kappa shape index (κ3) is 2.15. The molecular formula is C11H12Br2N2O. The smallest absolute Gasteiger partial charge is 0.228 e. The maximum atomic E-state index is 11.9. The predicted octanol–water partition coefficient (Wildman–Crippen LogP) is 2.59. The number of nitrogens with one attached hydrogen (secondary N) is 1. The van der Waals surface area contributed by atoms with Crippen molar-refractivity contribution in [3.8, 4) is 0 Å². The van der Waals surface area contributed by atoms with Crippen molar-refractivity contribution >= 4 is 37.8 Å². The number of nitrogens with zero attached hydrogens (tertiary/aromatic N) is 1. The molecule has 0 spiro atoms. The third-order valence-corrected chi connectivity index (χ3v) is 5.23. The van der Waals surface area contributed by atoms with Crippen LogP contribution in [0.15, 0.2) is 24.4 Å². The Morgan fingerprint density at radius 2 is 2.25 bits per heavy atom. The van der Waals surface area contributed by atoms with E-state index in [1.54, 1.807) is 6.20 Å². The first kappa shape index (κ1) is 12.0. The molecule has 2 rings (SSSR count). The van der Waals surface area contributed by atoms with E-state index in [9.17, 15) is 4.79 Å². The molecule has 1 amide bonds. The SMILES string of the molecule is C[C@@]1(C(=O)NCc2ccccn2)CC1(Br)Br. The van der Waals surface area contributed by atoms with E-state index >= 15 is 0 Å². The van der Waals surface area contributed by atoms with Crippen molar-refractivity contribution in [2.24, 2.45) is 5.41 Å². The molecule has 0 unspecified atom stereocenters. The molecule has 0 aliphatic heterocycles. The molecule has 0 bridgehead atoms. The van der Waals surface area contributed by atoms with E-state index in [4.69, 9.17) is 0 Å². The highest BCUT2D eigenvalue weighted by atomic mass is 79.9. The molecule has 1 N–H and O–H groups in total.